The second kappa shape index (κ2) is 1.59. The molecule has 0 aliphatic carbocycles. The number of hydrogen-bond acceptors (Lipinski definition) is 2. The minimum atomic E-state index is 0.0509. The molecule has 0 saturated carbocycles. The summed E-state index contributed by atoms with van der Waals surface area (Å²) in [4.78, 5) is 10.5. The summed E-state index contributed by atoms with van der Waals surface area (Å²) in [6.45, 7) is 0. The first kappa shape index (κ1) is 5.31. The molecule has 0 aromatic rings. The first-order valence-electron chi connectivity index (χ1n) is 2.40. The van der Waals surface area contributed by atoms with E-state index in [0.29, 0.717) is 0 Å². The first-order valence-corrected chi connectivity index (χ1v) is 2.40. The van der Waals surface area contributed by atoms with Crippen molar-refractivity contribution in [1.82, 2.24) is 10.0 Å². The molecule has 0 N–H and O–H groups in total. The largest absolute Gasteiger partial charge is 0.268 e. The predicted molar refractivity (Wildman–Crippen MR) is 29.7 cm³/mol. The van der Waals surface area contributed by atoms with Gasteiger partial charge >= 0.3 is 0 Å². The normalized spacial score (nSPS) is 17.4. The van der Waals surface area contributed by atoms with E-state index in [1.54, 1.807) is 11.2 Å². The van der Waals surface area contributed by atoms with Crippen LogP contribution < -0.4 is 0 Å². The minimum Gasteiger partial charge on any atom is -0.268 e. The smallest absolute Gasteiger partial charge is 0.266 e. The number of amides is 1. The zero-order chi connectivity index (χ0) is 6.15. The Bertz CT molecular complexity index is 139. The van der Waals surface area contributed by atoms with Crippen molar-refractivity contribution in [3.63, 3.8) is 0 Å². The van der Waals surface area contributed by atoms with Crippen molar-refractivity contribution < 1.29 is 4.79 Å². The van der Waals surface area contributed by atoms with Crippen LogP contribution in [0.25, 0.3) is 0 Å². The molecule has 3 heteroatoms. The van der Waals surface area contributed by atoms with Gasteiger partial charge in [-0.25, -0.2) is 10.0 Å². The maximum Gasteiger partial charge on any atom is 0.266 e. The van der Waals surface area contributed by atoms with E-state index in [4.69, 9.17) is 0 Å². The molecule has 1 heterocycles. The maximum atomic E-state index is 10.5. The van der Waals surface area contributed by atoms with Crippen LogP contribution in [0.1, 0.15) is 0 Å². The average Bonchev–Trinajstić information content (AvgIpc) is 1.61. The van der Waals surface area contributed by atoms with E-state index in [2.05, 4.69) is 0 Å². The highest BCUT2D eigenvalue weighted by atomic mass is 16.2. The van der Waals surface area contributed by atoms with E-state index in [9.17, 15) is 4.79 Å². The van der Waals surface area contributed by atoms with Crippen molar-refractivity contribution in [3.05, 3.63) is 12.3 Å². The molecule has 0 radical (unpaired) electrons. The highest BCUT2D eigenvalue weighted by molar-refractivity contribution is 5.93. The number of nitrogens with zero attached hydrogens (tertiary/aromatic N) is 2. The van der Waals surface area contributed by atoms with E-state index in [-0.39, 0.29) is 5.91 Å². The average molecular weight is 112 g/mol. The number of hydrazine groups is 1. The van der Waals surface area contributed by atoms with Crippen LogP contribution in [0.2, 0.25) is 0 Å². The van der Waals surface area contributed by atoms with Crippen LogP contribution in [0.3, 0.4) is 0 Å². The summed E-state index contributed by atoms with van der Waals surface area (Å²) in [5.74, 6) is 0.0509. The molecular formula is C5H8N2O. The molecule has 0 aromatic carbocycles. The van der Waals surface area contributed by atoms with Gasteiger partial charge in [0.25, 0.3) is 5.91 Å². The zero-order valence-electron chi connectivity index (χ0n) is 4.96. The molecule has 0 saturated heterocycles. The lowest BCUT2D eigenvalue weighted by molar-refractivity contribution is -0.137. The van der Waals surface area contributed by atoms with E-state index >= 15 is 0 Å². The fourth-order valence-corrected chi connectivity index (χ4v) is 0.533. The Hall–Kier alpha value is -0.830. The fourth-order valence-electron chi connectivity index (χ4n) is 0.533. The second-order valence-electron chi connectivity index (χ2n) is 1.85. The van der Waals surface area contributed by atoms with Crippen molar-refractivity contribution in [2.45, 2.75) is 0 Å². The van der Waals surface area contributed by atoms with E-state index < -0.39 is 0 Å². The van der Waals surface area contributed by atoms with Gasteiger partial charge in [0.05, 0.1) is 0 Å². The van der Waals surface area contributed by atoms with Gasteiger partial charge in [-0.3, -0.25) is 4.79 Å². The third-order valence-corrected chi connectivity index (χ3v) is 1.02. The molecule has 0 fully saturated rings. The highest BCUT2D eigenvalue weighted by Crippen LogP contribution is 2.04. The lowest BCUT2D eigenvalue weighted by Crippen LogP contribution is -2.41. The Kier molecular flexibility index (Phi) is 1.06. The predicted octanol–water partition coefficient (Wildman–Crippen LogP) is -0.181. The summed E-state index contributed by atoms with van der Waals surface area (Å²) in [7, 11) is 3.64. The van der Waals surface area contributed by atoms with Gasteiger partial charge in [-0.15, -0.1) is 0 Å². The van der Waals surface area contributed by atoms with Gasteiger partial charge in [0, 0.05) is 26.4 Å². The van der Waals surface area contributed by atoms with Crippen molar-refractivity contribution in [3.8, 4) is 0 Å². The van der Waals surface area contributed by atoms with Crippen molar-refractivity contribution in [2.75, 3.05) is 14.1 Å². The standard InChI is InChI=1S/C5H8N2O/c1-6(2)7-4-3-5(7)8/h3-4H,1-2H3. The summed E-state index contributed by atoms with van der Waals surface area (Å²) in [5.41, 5.74) is 0. The van der Waals surface area contributed by atoms with Gasteiger partial charge in [0.1, 0.15) is 0 Å². The zero-order valence-corrected chi connectivity index (χ0v) is 4.96. The molecule has 0 atom stereocenters. The van der Waals surface area contributed by atoms with Gasteiger partial charge in [-0.2, -0.15) is 0 Å². The molecule has 0 aromatic heterocycles. The number of carbonyl (C=O) groups excluding carboxylic acids is 1. The van der Waals surface area contributed by atoms with E-state index in [1.165, 1.54) is 11.1 Å². The second-order valence-corrected chi connectivity index (χ2v) is 1.85. The van der Waals surface area contributed by atoms with Gasteiger partial charge in [-0.05, 0) is 0 Å². The SMILES string of the molecule is CN(C)N1C=CC1=O. The molecule has 0 spiro atoms. The molecule has 44 valence electrons. The Balaban J connectivity index is 2.53. The Morgan fingerprint density at radius 2 is 2.25 bits per heavy atom. The van der Waals surface area contributed by atoms with Crippen LogP contribution in [-0.4, -0.2) is 30.0 Å². The maximum absolute atomic E-state index is 10.5. The van der Waals surface area contributed by atoms with Crippen LogP contribution in [-0.2, 0) is 4.79 Å². The van der Waals surface area contributed by atoms with Crippen LogP contribution in [0, 0.1) is 0 Å². The van der Waals surface area contributed by atoms with Crippen molar-refractivity contribution in [1.29, 1.82) is 0 Å². The summed E-state index contributed by atoms with van der Waals surface area (Å²) < 4.78 is 0. The molecule has 3 nitrogen and oxygen atoms in total. The molecule has 1 amide bonds. The number of hydrogen-bond donors (Lipinski definition) is 0. The molecule has 1 aliphatic rings. The lowest BCUT2D eigenvalue weighted by Gasteiger charge is -2.28. The number of rotatable bonds is 1. The van der Waals surface area contributed by atoms with Crippen molar-refractivity contribution >= 4 is 5.91 Å². The van der Waals surface area contributed by atoms with E-state index in [1.807, 2.05) is 14.1 Å². The van der Waals surface area contributed by atoms with Gasteiger partial charge in [0.15, 0.2) is 0 Å². The van der Waals surface area contributed by atoms with Crippen LogP contribution in [0.5, 0.6) is 0 Å². The van der Waals surface area contributed by atoms with E-state index in [0.717, 1.165) is 0 Å². The van der Waals surface area contributed by atoms with Crippen LogP contribution >= 0.6 is 0 Å². The summed E-state index contributed by atoms with van der Waals surface area (Å²) in [6, 6.07) is 0. The quantitative estimate of drug-likeness (QED) is 0.469. The third-order valence-electron chi connectivity index (χ3n) is 1.02. The van der Waals surface area contributed by atoms with Gasteiger partial charge < -0.3 is 0 Å². The Labute approximate surface area is 48.2 Å². The molecule has 8 heavy (non-hydrogen) atoms. The van der Waals surface area contributed by atoms with Gasteiger partial charge in [0.2, 0.25) is 0 Å². The van der Waals surface area contributed by atoms with Gasteiger partial charge in [-0.1, -0.05) is 0 Å². The third kappa shape index (κ3) is 0.607. The lowest BCUT2D eigenvalue weighted by atomic mass is 10.4. The Morgan fingerprint density at radius 1 is 1.62 bits per heavy atom. The molecule has 1 rings (SSSR count). The summed E-state index contributed by atoms with van der Waals surface area (Å²) >= 11 is 0. The molecule has 0 bridgehead atoms. The highest BCUT2D eigenvalue weighted by Gasteiger charge is 2.16. The molecule has 0 unspecified atom stereocenters. The number of carbonyl (C=O) groups is 1. The van der Waals surface area contributed by atoms with Crippen LogP contribution in [0.15, 0.2) is 12.3 Å². The minimum absolute atomic E-state index is 0.0509. The monoisotopic (exact) mass is 112 g/mol. The van der Waals surface area contributed by atoms with Crippen LogP contribution in [0.4, 0.5) is 0 Å². The fraction of sp³-hybridized carbons (Fsp3) is 0.400. The first-order chi connectivity index (χ1) is 3.72. The molecule has 1 aliphatic heterocycles. The summed E-state index contributed by atoms with van der Waals surface area (Å²) in [6.07, 6.45) is 3.25. The topological polar surface area (TPSA) is 23.6 Å². The molecular weight excluding hydrogens is 104 g/mol. The Morgan fingerprint density at radius 3 is 2.25 bits per heavy atom. The summed E-state index contributed by atoms with van der Waals surface area (Å²) in [5, 5.41) is 3.25. The van der Waals surface area contributed by atoms with Crippen molar-refractivity contribution in [2.24, 2.45) is 0 Å².